The molecule has 3 aromatic carbocycles. The van der Waals surface area contributed by atoms with E-state index in [9.17, 15) is 10.1 Å². The highest BCUT2D eigenvalue weighted by Crippen LogP contribution is 2.27. The highest BCUT2D eigenvalue weighted by molar-refractivity contribution is 5.71. The Morgan fingerprint density at radius 1 is 0.727 bits per heavy atom. The van der Waals surface area contributed by atoms with Crippen molar-refractivity contribution < 1.29 is 4.92 Å². The lowest BCUT2D eigenvalue weighted by Crippen LogP contribution is -1.88. The number of non-ortho nitro benzene ring substituents is 1. The Hall–Kier alpha value is -2.94. The molecule has 0 atom stereocenters. The van der Waals surface area contributed by atoms with Crippen LogP contribution in [0.2, 0.25) is 0 Å². The number of nitro groups is 1. The van der Waals surface area contributed by atoms with Gasteiger partial charge in [-0.15, -0.1) is 0 Å². The Balaban J connectivity index is 1.92. The van der Waals surface area contributed by atoms with Crippen LogP contribution in [-0.4, -0.2) is 4.92 Å². The summed E-state index contributed by atoms with van der Waals surface area (Å²) in [7, 11) is 0. The first-order valence-corrected chi connectivity index (χ1v) is 7.05. The molecule has 3 rings (SSSR count). The number of hydrogen-bond acceptors (Lipinski definition) is 2. The molecule has 3 nitrogen and oxygen atoms in total. The van der Waals surface area contributed by atoms with Gasteiger partial charge in [0.25, 0.3) is 5.69 Å². The summed E-state index contributed by atoms with van der Waals surface area (Å²) in [6, 6.07) is 23.1. The summed E-state index contributed by atoms with van der Waals surface area (Å²) in [6.07, 6.45) is 0. The van der Waals surface area contributed by atoms with Crippen LogP contribution in [0.15, 0.2) is 72.8 Å². The standard InChI is InChI=1S/C19H15NO2/c1-14-5-7-15(8-6-14)16-9-11-17(12-10-16)18-3-2-4-19(13-18)20(21)22/h2-13H,1H3. The quantitative estimate of drug-likeness (QED) is 0.489. The van der Waals surface area contributed by atoms with E-state index >= 15 is 0 Å². The summed E-state index contributed by atoms with van der Waals surface area (Å²) in [5.74, 6) is 0. The van der Waals surface area contributed by atoms with Gasteiger partial charge >= 0.3 is 0 Å². The van der Waals surface area contributed by atoms with Gasteiger partial charge in [0.15, 0.2) is 0 Å². The van der Waals surface area contributed by atoms with Crippen LogP contribution in [0, 0.1) is 17.0 Å². The van der Waals surface area contributed by atoms with Crippen molar-refractivity contribution in [1.82, 2.24) is 0 Å². The van der Waals surface area contributed by atoms with Crippen LogP contribution < -0.4 is 0 Å². The lowest BCUT2D eigenvalue weighted by molar-refractivity contribution is -0.384. The van der Waals surface area contributed by atoms with Crippen LogP contribution in [-0.2, 0) is 0 Å². The van der Waals surface area contributed by atoms with Gasteiger partial charge in [-0.25, -0.2) is 0 Å². The summed E-state index contributed by atoms with van der Waals surface area (Å²) in [6.45, 7) is 2.06. The predicted molar refractivity (Wildman–Crippen MR) is 88.7 cm³/mol. The smallest absolute Gasteiger partial charge is 0.258 e. The van der Waals surface area contributed by atoms with E-state index in [2.05, 4.69) is 31.2 Å². The van der Waals surface area contributed by atoms with E-state index in [1.807, 2.05) is 30.3 Å². The molecule has 0 radical (unpaired) electrons. The van der Waals surface area contributed by atoms with Gasteiger partial charge in [0.05, 0.1) is 4.92 Å². The zero-order valence-electron chi connectivity index (χ0n) is 12.2. The van der Waals surface area contributed by atoms with Crippen LogP contribution in [0.3, 0.4) is 0 Å². The molecule has 0 aliphatic rings. The minimum atomic E-state index is -0.371. The normalized spacial score (nSPS) is 10.4. The van der Waals surface area contributed by atoms with Crippen molar-refractivity contribution in [2.45, 2.75) is 6.92 Å². The maximum atomic E-state index is 10.9. The van der Waals surface area contributed by atoms with Crippen molar-refractivity contribution in [3.63, 3.8) is 0 Å². The molecule has 0 saturated carbocycles. The molecular weight excluding hydrogens is 274 g/mol. The topological polar surface area (TPSA) is 43.1 Å². The largest absolute Gasteiger partial charge is 0.270 e. The van der Waals surface area contributed by atoms with Gasteiger partial charge in [0.1, 0.15) is 0 Å². The van der Waals surface area contributed by atoms with Crippen molar-refractivity contribution >= 4 is 5.69 Å². The minimum Gasteiger partial charge on any atom is -0.258 e. The maximum absolute atomic E-state index is 10.9. The number of aryl methyl sites for hydroxylation is 1. The predicted octanol–water partition coefficient (Wildman–Crippen LogP) is 5.24. The van der Waals surface area contributed by atoms with Crippen molar-refractivity contribution in [1.29, 1.82) is 0 Å². The fraction of sp³-hybridized carbons (Fsp3) is 0.0526. The molecule has 0 N–H and O–H groups in total. The summed E-state index contributed by atoms with van der Waals surface area (Å²) in [4.78, 5) is 10.5. The average molecular weight is 289 g/mol. The van der Waals surface area contributed by atoms with Crippen molar-refractivity contribution in [2.24, 2.45) is 0 Å². The van der Waals surface area contributed by atoms with Crippen LogP contribution in [0.25, 0.3) is 22.3 Å². The van der Waals surface area contributed by atoms with E-state index in [1.165, 1.54) is 11.6 Å². The number of hydrogen-bond donors (Lipinski definition) is 0. The van der Waals surface area contributed by atoms with Gasteiger partial charge in [-0.3, -0.25) is 10.1 Å². The summed E-state index contributed by atoms with van der Waals surface area (Å²) < 4.78 is 0. The number of nitro benzene ring substituents is 1. The monoisotopic (exact) mass is 289 g/mol. The average Bonchev–Trinajstić information content (AvgIpc) is 2.56. The van der Waals surface area contributed by atoms with Crippen molar-refractivity contribution in [3.8, 4) is 22.3 Å². The van der Waals surface area contributed by atoms with E-state index in [1.54, 1.807) is 12.1 Å². The Bertz CT molecular complexity index is 806. The van der Waals surface area contributed by atoms with Gasteiger partial charge in [-0.05, 0) is 29.2 Å². The molecule has 0 heterocycles. The second-order valence-electron chi connectivity index (χ2n) is 5.25. The SMILES string of the molecule is Cc1ccc(-c2ccc(-c3cccc([N+](=O)[O-])c3)cc2)cc1. The highest BCUT2D eigenvalue weighted by Gasteiger charge is 2.07. The van der Waals surface area contributed by atoms with Gasteiger partial charge < -0.3 is 0 Å². The Kier molecular flexibility index (Phi) is 3.71. The van der Waals surface area contributed by atoms with Crippen molar-refractivity contribution in [2.75, 3.05) is 0 Å². The molecule has 0 spiro atoms. The minimum absolute atomic E-state index is 0.111. The third kappa shape index (κ3) is 2.88. The van der Waals surface area contributed by atoms with Crippen LogP contribution in [0.1, 0.15) is 5.56 Å². The molecule has 0 saturated heterocycles. The van der Waals surface area contributed by atoms with E-state index in [-0.39, 0.29) is 10.6 Å². The molecule has 3 heteroatoms. The van der Waals surface area contributed by atoms with Crippen LogP contribution >= 0.6 is 0 Å². The Morgan fingerprint density at radius 3 is 1.77 bits per heavy atom. The lowest BCUT2D eigenvalue weighted by Gasteiger charge is -2.05. The first kappa shape index (κ1) is 14.0. The fourth-order valence-corrected chi connectivity index (χ4v) is 2.40. The second kappa shape index (κ2) is 5.82. The first-order valence-electron chi connectivity index (χ1n) is 7.05. The lowest BCUT2D eigenvalue weighted by atomic mass is 9.99. The molecule has 0 aliphatic heterocycles. The summed E-state index contributed by atoms with van der Waals surface area (Å²) in [5, 5.41) is 10.9. The number of benzene rings is 3. The molecule has 0 aliphatic carbocycles. The van der Waals surface area contributed by atoms with E-state index in [0.29, 0.717) is 0 Å². The first-order chi connectivity index (χ1) is 10.6. The zero-order chi connectivity index (χ0) is 15.5. The van der Waals surface area contributed by atoms with Crippen molar-refractivity contribution in [3.05, 3.63) is 88.5 Å². The maximum Gasteiger partial charge on any atom is 0.270 e. The highest BCUT2D eigenvalue weighted by atomic mass is 16.6. The van der Waals surface area contributed by atoms with Crippen LogP contribution in [0.5, 0.6) is 0 Å². The third-order valence-electron chi connectivity index (χ3n) is 3.66. The Labute approximate surface area is 129 Å². The Morgan fingerprint density at radius 2 is 1.23 bits per heavy atom. The van der Waals surface area contributed by atoms with E-state index in [0.717, 1.165) is 22.3 Å². The van der Waals surface area contributed by atoms with Gasteiger partial charge in [-0.2, -0.15) is 0 Å². The van der Waals surface area contributed by atoms with Gasteiger partial charge in [0.2, 0.25) is 0 Å². The van der Waals surface area contributed by atoms with Crippen LogP contribution in [0.4, 0.5) is 5.69 Å². The molecular formula is C19H15NO2. The van der Waals surface area contributed by atoms with E-state index in [4.69, 9.17) is 0 Å². The molecule has 108 valence electrons. The fourth-order valence-electron chi connectivity index (χ4n) is 2.40. The summed E-state index contributed by atoms with van der Waals surface area (Å²) in [5.41, 5.74) is 5.46. The number of nitrogens with zero attached hydrogens (tertiary/aromatic N) is 1. The third-order valence-corrected chi connectivity index (χ3v) is 3.66. The molecule has 0 bridgehead atoms. The van der Waals surface area contributed by atoms with Gasteiger partial charge in [0, 0.05) is 12.1 Å². The molecule has 0 aromatic heterocycles. The second-order valence-corrected chi connectivity index (χ2v) is 5.25. The zero-order valence-corrected chi connectivity index (χ0v) is 12.2. The molecule has 0 fully saturated rings. The molecule has 0 amide bonds. The molecule has 0 unspecified atom stereocenters. The molecule has 22 heavy (non-hydrogen) atoms. The van der Waals surface area contributed by atoms with Gasteiger partial charge in [-0.1, -0.05) is 66.2 Å². The van der Waals surface area contributed by atoms with E-state index < -0.39 is 0 Å². The summed E-state index contributed by atoms with van der Waals surface area (Å²) >= 11 is 0. The number of rotatable bonds is 3. The molecule has 3 aromatic rings.